The minimum absolute atomic E-state index is 0.317. The monoisotopic (exact) mass is 297 g/mol. The van der Waals surface area contributed by atoms with E-state index in [0.717, 1.165) is 25.3 Å². The quantitative estimate of drug-likeness (QED) is 0.642. The number of hydrogen-bond donors (Lipinski definition) is 1. The third-order valence-corrected chi connectivity index (χ3v) is 4.45. The number of thiophene rings is 1. The summed E-state index contributed by atoms with van der Waals surface area (Å²) in [5.41, 5.74) is 1.31. The van der Waals surface area contributed by atoms with Crippen LogP contribution in [0.15, 0.2) is 70.7 Å². The molecule has 108 valence electrons. The highest BCUT2D eigenvalue weighted by molar-refractivity contribution is 7.09. The van der Waals surface area contributed by atoms with Crippen LogP contribution in [0.1, 0.15) is 28.5 Å². The van der Waals surface area contributed by atoms with Crippen molar-refractivity contribution in [2.45, 2.75) is 18.9 Å². The molecule has 3 rings (SSSR count). The zero-order valence-corrected chi connectivity index (χ0v) is 12.7. The van der Waals surface area contributed by atoms with Crippen molar-refractivity contribution in [3.8, 4) is 0 Å². The zero-order valence-electron chi connectivity index (χ0n) is 11.9. The van der Waals surface area contributed by atoms with Crippen LogP contribution in [0.5, 0.6) is 0 Å². The second-order valence-corrected chi connectivity index (χ2v) is 6.06. The van der Waals surface area contributed by atoms with E-state index in [1.165, 1.54) is 10.4 Å². The first-order valence-electron chi connectivity index (χ1n) is 7.25. The molecule has 0 saturated heterocycles. The minimum atomic E-state index is 0.317. The van der Waals surface area contributed by atoms with Crippen molar-refractivity contribution in [3.63, 3.8) is 0 Å². The summed E-state index contributed by atoms with van der Waals surface area (Å²) in [6.07, 6.45) is 2.78. The molecule has 0 amide bonds. The molecule has 21 heavy (non-hydrogen) atoms. The highest BCUT2D eigenvalue weighted by Crippen LogP contribution is 2.27. The molecule has 1 aromatic carbocycles. The van der Waals surface area contributed by atoms with E-state index < -0.39 is 0 Å². The molecule has 0 saturated carbocycles. The molecule has 0 fully saturated rings. The van der Waals surface area contributed by atoms with Gasteiger partial charge in [-0.15, -0.1) is 11.3 Å². The summed E-state index contributed by atoms with van der Waals surface area (Å²) in [6.45, 7) is 1.91. The Morgan fingerprint density at radius 2 is 1.90 bits per heavy atom. The van der Waals surface area contributed by atoms with Gasteiger partial charge in [0.1, 0.15) is 5.76 Å². The third kappa shape index (κ3) is 3.84. The fraction of sp³-hybridized carbons (Fsp3) is 0.222. The van der Waals surface area contributed by atoms with Crippen molar-refractivity contribution in [2.24, 2.45) is 0 Å². The molecule has 3 aromatic rings. The van der Waals surface area contributed by atoms with E-state index >= 15 is 0 Å². The lowest BCUT2D eigenvalue weighted by atomic mass is 9.93. The lowest BCUT2D eigenvalue weighted by Gasteiger charge is -2.15. The summed E-state index contributed by atoms with van der Waals surface area (Å²) in [7, 11) is 0. The summed E-state index contributed by atoms with van der Waals surface area (Å²) in [5.74, 6) is 1.36. The van der Waals surface area contributed by atoms with Gasteiger partial charge >= 0.3 is 0 Å². The van der Waals surface area contributed by atoms with Crippen molar-refractivity contribution >= 4 is 11.3 Å². The summed E-state index contributed by atoms with van der Waals surface area (Å²) in [5, 5.41) is 5.64. The Bertz CT molecular complexity index is 617. The highest BCUT2D eigenvalue weighted by atomic mass is 32.1. The average Bonchev–Trinajstić information content (AvgIpc) is 3.21. The number of benzene rings is 1. The van der Waals surface area contributed by atoms with Gasteiger partial charge in [-0.05, 0) is 42.1 Å². The molecule has 0 aliphatic heterocycles. The molecule has 0 radical (unpaired) electrons. The Morgan fingerprint density at radius 1 is 1.00 bits per heavy atom. The van der Waals surface area contributed by atoms with Gasteiger partial charge in [-0.2, -0.15) is 0 Å². The van der Waals surface area contributed by atoms with Gasteiger partial charge in [-0.3, -0.25) is 0 Å². The van der Waals surface area contributed by atoms with Gasteiger partial charge in [0.05, 0.1) is 6.26 Å². The van der Waals surface area contributed by atoms with Crippen molar-refractivity contribution in [3.05, 3.63) is 82.4 Å². The van der Waals surface area contributed by atoms with Gasteiger partial charge in [0, 0.05) is 17.3 Å². The number of rotatable bonds is 7. The summed E-state index contributed by atoms with van der Waals surface area (Å²) in [4.78, 5) is 1.38. The van der Waals surface area contributed by atoms with Crippen molar-refractivity contribution in [2.75, 3.05) is 6.54 Å². The predicted molar refractivity (Wildman–Crippen MR) is 87.6 cm³/mol. The van der Waals surface area contributed by atoms with Crippen LogP contribution in [0.2, 0.25) is 0 Å². The van der Waals surface area contributed by atoms with Crippen LogP contribution in [0.3, 0.4) is 0 Å². The van der Waals surface area contributed by atoms with Crippen LogP contribution in [0, 0.1) is 0 Å². The third-order valence-electron chi connectivity index (χ3n) is 3.58. The van der Waals surface area contributed by atoms with E-state index in [-0.39, 0.29) is 0 Å². The van der Waals surface area contributed by atoms with Gasteiger partial charge in [-0.25, -0.2) is 0 Å². The molecule has 0 unspecified atom stereocenters. The Balaban J connectivity index is 1.61. The first-order chi connectivity index (χ1) is 10.4. The molecule has 2 aromatic heterocycles. The summed E-state index contributed by atoms with van der Waals surface area (Å²) < 4.78 is 5.63. The maximum atomic E-state index is 5.63. The maximum absolute atomic E-state index is 5.63. The molecule has 0 bridgehead atoms. The molecule has 1 atom stereocenters. The van der Waals surface area contributed by atoms with Gasteiger partial charge in [0.2, 0.25) is 0 Å². The van der Waals surface area contributed by atoms with Crippen LogP contribution in [0.25, 0.3) is 0 Å². The van der Waals surface area contributed by atoms with Gasteiger partial charge in [0.15, 0.2) is 0 Å². The first-order valence-corrected chi connectivity index (χ1v) is 8.13. The van der Waals surface area contributed by atoms with Crippen LogP contribution >= 0.6 is 11.3 Å². The predicted octanol–water partition coefficient (Wildman–Crippen LogP) is 4.65. The second kappa shape index (κ2) is 7.25. The molecule has 2 nitrogen and oxygen atoms in total. The Hall–Kier alpha value is -1.84. The number of furan rings is 1. The lowest BCUT2D eigenvalue weighted by molar-refractivity contribution is 0.466. The first kappa shape index (κ1) is 14.1. The van der Waals surface area contributed by atoms with Crippen molar-refractivity contribution < 1.29 is 4.42 Å². The van der Waals surface area contributed by atoms with E-state index in [4.69, 9.17) is 4.42 Å². The van der Waals surface area contributed by atoms with Crippen LogP contribution < -0.4 is 5.32 Å². The standard InChI is InChI=1S/C18H19NOS/c1-2-6-15(7-3-1)17(18-9-4-12-20-18)10-11-19-14-16-8-5-13-21-16/h1-9,12-13,17,19H,10-11,14H2/t17-/m1/s1. The molecule has 2 heterocycles. The van der Waals surface area contributed by atoms with E-state index in [1.54, 1.807) is 17.6 Å². The van der Waals surface area contributed by atoms with Gasteiger partial charge in [-0.1, -0.05) is 36.4 Å². The SMILES string of the molecule is c1ccc([C@@H](CCNCc2cccs2)c2ccco2)cc1. The van der Waals surface area contributed by atoms with Crippen LogP contribution in [-0.2, 0) is 6.54 Å². The van der Waals surface area contributed by atoms with Crippen LogP contribution in [0.4, 0.5) is 0 Å². The normalized spacial score (nSPS) is 12.4. The smallest absolute Gasteiger partial charge is 0.111 e. The maximum Gasteiger partial charge on any atom is 0.111 e. The van der Waals surface area contributed by atoms with E-state index in [0.29, 0.717) is 5.92 Å². The highest BCUT2D eigenvalue weighted by Gasteiger charge is 2.16. The summed E-state index contributed by atoms with van der Waals surface area (Å²) >= 11 is 1.79. The van der Waals surface area contributed by atoms with Crippen LogP contribution in [-0.4, -0.2) is 6.54 Å². The molecule has 1 N–H and O–H groups in total. The second-order valence-electron chi connectivity index (χ2n) is 5.02. The Morgan fingerprint density at radius 3 is 2.62 bits per heavy atom. The Labute approximate surface area is 129 Å². The largest absolute Gasteiger partial charge is 0.469 e. The lowest BCUT2D eigenvalue weighted by Crippen LogP contribution is -2.17. The van der Waals surface area contributed by atoms with Gasteiger partial charge < -0.3 is 9.73 Å². The average molecular weight is 297 g/mol. The number of nitrogens with one attached hydrogen (secondary N) is 1. The molecular weight excluding hydrogens is 278 g/mol. The topological polar surface area (TPSA) is 25.2 Å². The van der Waals surface area contributed by atoms with Gasteiger partial charge in [0.25, 0.3) is 0 Å². The summed E-state index contributed by atoms with van der Waals surface area (Å²) in [6, 6.07) is 18.9. The number of hydrogen-bond acceptors (Lipinski definition) is 3. The minimum Gasteiger partial charge on any atom is -0.469 e. The molecule has 3 heteroatoms. The van der Waals surface area contributed by atoms with E-state index in [1.807, 2.05) is 6.07 Å². The fourth-order valence-electron chi connectivity index (χ4n) is 2.52. The van der Waals surface area contributed by atoms with E-state index in [9.17, 15) is 0 Å². The Kier molecular flexibility index (Phi) is 4.87. The molecular formula is C18H19NOS. The van der Waals surface area contributed by atoms with Crippen molar-refractivity contribution in [1.82, 2.24) is 5.32 Å². The van der Waals surface area contributed by atoms with Crippen molar-refractivity contribution in [1.29, 1.82) is 0 Å². The molecule has 0 aliphatic rings. The fourth-order valence-corrected chi connectivity index (χ4v) is 3.19. The zero-order chi connectivity index (χ0) is 14.3. The molecule has 0 aliphatic carbocycles. The molecule has 0 spiro atoms. The van der Waals surface area contributed by atoms with E-state index in [2.05, 4.69) is 59.2 Å².